The van der Waals surface area contributed by atoms with Crippen molar-refractivity contribution in [2.75, 3.05) is 6.54 Å². The highest BCUT2D eigenvalue weighted by Crippen LogP contribution is 2.33. The Hall–Kier alpha value is -2.18. The van der Waals surface area contributed by atoms with Gasteiger partial charge >= 0.3 is 0 Å². The van der Waals surface area contributed by atoms with E-state index in [0.29, 0.717) is 24.8 Å². The second-order valence-corrected chi connectivity index (χ2v) is 6.40. The van der Waals surface area contributed by atoms with Crippen molar-refractivity contribution in [3.63, 3.8) is 0 Å². The number of fused-ring (bicyclic) bond motifs is 1. The van der Waals surface area contributed by atoms with Crippen molar-refractivity contribution in [2.45, 2.75) is 38.9 Å². The van der Waals surface area contributed by atoms with Crippen molar-refractivity contribution in [1.82, 2.24) is 29.2 Å². The Morgan fingerprint density at radius 1 is 1.27 bits per heavy atom. The summed E-state index contributed by atoms with van der Waals surface area (Å²) in [7, 11) is 0. The van der Waals surface area contributed by atoms with Gasteiger partial charge in [-0.05, 0) is 18.8 Å². The fourth-order valence-corrected chi connectivity index (χ4v) is 3.14. The van der Waals surface area contributed by atoms with Crippen LogP contribution in [0.2, 0.25) is 0 Å². The average molecular weight is 300 g/mol. The number of rotatable bonds is 4. The molecule has 116 valence electrons. The molecule has 0 radical (unpaired) electrons. The lowest BCUT2D eigenvalue weighted by Gasteiger charge is -2.24. The predicted molar refractivity (Wildman–Crippen MR) is 78.5 cm³/mol. The van der Waals surface area contributed by atoms with Gasteiger partial charge in [-0.25, -0.2) is 9.97 Å². The van der Waals surface area contributed by atoms with Gasteiger partial charge in [0.1, 0.15) is 18.5 Å². The van der Waals surface area contributed by atoms with Gasteiger partial charge in [0.25, 0.3) is 0 Å². The molecule has 1 atom stereocenters. The summed E-state index contributed by atoms with van der Waals surface area (Å²) >= 11 is 0. The third-order valence-electron chi connectivity index (χ3n) is 4.49. The first-order valence-corrected chi connectivity index (χ1v) is 7.88. The molecule has 0 spiro atoms. The molecule has 3 heterocycles. The van der Waals surface area contributed by atoms with Gasteiger partial charge in [-0.1, -0.05) is 0 Å². The second kappa shape index (κ2) is 5.55. The number of carbonyl (C=O) groups excluding carboxylic acids is 1. The van der Waals surface area contributed by atoms with E-state index in [-0.39, 0.29) is 5.91 Å². The van der Waals surface area contributed by atoms with Crippen molar-refractivity contribution in [3.05, 3.63) is 30.9 Å². The van der Waals surface area contributed by atoms with Crippen LogP contribution in [0.5, 0.6) is 0 Å². The molecule has 0 saturated heterocycles. The van der Waals surface area contributed by atoms with E-state index in [1.54, 1.807) is 12.7 Å². The van der Waals surface area contributed by atoms with Gasteiger partial charge in [-0.3, -0.25) is 9.48 Å². The summed E-state index contributed by atoms with van der Waals surface area (Å²) in [6.07, 6.45) is 10.2. The molecule has 0 N–H and O–H groups in total. The van der Waals surface area contributed by atoms with Crippen LogP contribution in [0.3, 0.4) is 0 Å². The number of aromatic nitrogens is 5. The van der Waals surface area contributed by atoms with Crippen molar-refractivity contribution in [1.29, 1.82) is 0 Å². The number of imidazole rings is 1. The molecule has 1 amide bonds. The van der Waals surface area contributed by atoms with Crippen LogP contribution in [-0.2, 0) is 24.4 Å². The van der Waals surface area contributed by atoms with Crippen molar-refractivity contribution < 1.29 is 4.79 Å². The Morgan fingerprint density at radius 3 is 2.95 bits per heavy atom. The first kappa shape index (κ1) is 13.5. The summed E-state index contributed by atoms with van der Waals surface area (Å²) in [6, 6.07) is 0. The van der Waals surface area contributed by atoms with Gasteiger partial charge in [0, 0.05) is 44.4 Å². The number of nitrogens with zero attached hydrogens (tertiary/aromatic N) is 6. The van der Waals surface area contributed by atoms with E-state index in [1.165, 1.54) is 12.8 Å². The molecule has 2 aromatic heterocycles. The van der Waals surface area contributed by atoms with Crippen LogP contribution in [0.25, 0.3) is 0 Å². The quantitative estimate of drug-likeness (QED) is 0.842. The summed E-state index contributed by atoms with van der Waals surface area (Å²) in [5, 5.41) is 4.19. The third kappa shape index (κ3) is 2.88. The number of hydrogen-bond donors (Lipinski definition) is 0. The van der Waals surface area contributed by atoms with E-state index in [2.05, 4.69) is 19.6 Å². The maximum atomic E-state index is 12.5. The molecule has 7 nitrogen and oxygen atoms in total. The Bertz CT molecular complexity index is 645. The predicted octanol–water partition coefficient (Wildman–Crippen LogP) is 0.933. The summed E-state index contributed by atoms with van der Waals surface area (Å²) in [6.45, 7) is 3.01. The molecule has 2 aliphatic rings. The molecule has 22 heavy (non-hydrogen) atoms. The normalized spacial score (nSPS) is 21.5. The molecule has 1 saturated carbocycles. The van der Waals surface area contributed by atoms with Crippen LogP contribution in [0.4, 0.5) is 0 Å². The van der Waals surface area contributed by atoms with Gasteiger partial charge < -0.3 is 9.47 Å². The zero-order valence-electron chi connectivity index (χ0n) is 12.5. The van der Waals surface area contributed by atoms with Crippen LogP contribution in [0, 0.1) is 11.8 Å². The van der Waals surface area contributed by atoms with Crippen molar-refractivity contribution >= 4 is 5.91 Å². The fraction of sp³-hybridized carbons (Fsp3) is 0.600. The maximum absolute atomic E-state index is 12.5. The molecular formula is C15H20N6O. The Morgan fingerprint density at radius 2 is 2.18 bits per heavy atom. The van der Waals surface area contributed by atoms with E-state index in [1.807, 2.05) is 22.0 Å². The van der Waals surface area contributed by atoms with E-state index in [0.717, 1.165) is 25.5 Å². The first-order chi connectivity index (χ1) is 10.8. The molecule has 2 aromatic rings. The van der Waals surface area contributed by atoms with Crippen molar-refractivity contribution in [2.24, 2.45) is 11.8 Å². The maximum Gasteiger partial charge on any atom is 0.223 e. The summed E-state index contributed by atoms with van der Waals surface area (Å²) in [5.41, 5.74) is 0. The van der Waals surface area contributed by atoms with E-state index in [9.17, 15) is 4.79 Å². The average Bonchev–Trinajstić information content (AvgIpc) is 3.03. The minimum atomic E-state index is 0.266. The monoisotopic (exact) mass is 300 g/mol. The summed E-state index contributed by atoms with van der Waals surface area (Å²) in [4.78, 5) is 22.9. The SMILES string of the molecule is O=C(CC1CC1)N1Cc2nccn2CC(Cn2cncn2)C1. The summed E-state index contributed by atoms with van der Waals surface area (Å²) < 4.78 is 4.00. The zero-order chi connectivity index (χ0) is 14.9. The number of amides is 1. The minimum absolute atomic E-state index is 0.266. The smallest absolute Gasteiger partial charge is 0.223 e. The lowest BCUT2D eigenvalue weighted by Crippen LogP contribution is -2.35. The van der Waals surface area contributed by atoms with Gasteiger partial charge in [0.05, 0.1) is 6.54 Å². The molecule has 4 rings (SSSR count). The standard InChI is InChI=1S/C15H20N6O/c22-15(5-12-1-2-12)20-7-13(8-21-11-16-10-18-21)6-19-4-3-17-14(19)9-20/h3-4,10-13H,1-2,5-9H2. The highest BCUT2D eigenvalue weighted by molar-refractivity contribution is 5.76. The van der Waals surface area contributed by atoms with Crippen LogP contribution >= 0.6 is 0 Å². The topological polar surface area (TPSA) is 68.8 Å². The molecule has 1 fully saturated rings. The highest BCUT2D eigenvalue weighted by Gasteiger charge is 2.30. The number of carbonyl (C=O) groups is 1. The Balaban J connectivity index is 1.52. The Kier molecular flexibility index (Phi) is 3.40. The van der Waals surface area contributed by atoms with Crippen molar-refractivity contribution in [3.8, 4) is 0 Å². The molecule has 0 bridgehead atoms. The molecule has 7 heteroatoms. The minimum Gasteiger partial charge on any atom is -0.335 e. The lowest BCUT2D eigenvalue weighted by molar-refractivity contribution is -0.132. The molecule has 1 unspecified atom stereocenters. The largest absolute Gasteiger partial charge is 0.335 e. The fourth-order valence-electron chi connectivity index (χ4n) is 3.14. The van der Waals surface area contributed by atoms with Gasteiger partial charge in [0.15, 0.2) is 0 Å². The van der Waals surface area contributed by atoms with Crippen LogP contribution in [-0.4, -0.2) is 41.7 Å². The lowest BCUT2D eigenvalue weighted by atomic mass is 10.1. The highest BCUT2D eigenvalue weighted by atomic mass is 16.2. The van der Waals surface area contributed by atoms with Crippen LogP contribution in [0.1, 0.15) is 25.1 Å². The van der Waals surface area contributed by atoms with E-state index in [4.69, 9.17) is 0 Å². The van der Waals surface area contributed by atoms with Crippen LogP contribution in [0.15, 0.2) is 25.0 Å². The van der Waals surface area contributed by atoms with Gasteiger partial charge in [-0.15, -0.1) is 0 Å². The second-order valence-electron chi connectivity index (χ2n) is 6.40. The van der Waals surface area contributed by atoms with Gasteiger partial charge in [-0.2, -0.15) is 5.10 Å². The zero-order valence-corrected chi connectivity index (χ0v) is 12.5. The molecule has 1 aliphatic carbocycles. The third-order valence-corrected chi connectivity index (χ3v) is 4.49. The number of hydrogen-bond acceptors (Lipinski definition) is 4. The molecule has 0 aromatic carbocycles. The van der Waals surface area contributed by atoms with Gasteiger partial charge in [0.2, 0.25) is 5.91 Å². The van der Waals surface area contributed by atoms with E-state index >= 15 is 0 Å². The first-order valence-electron chi connectivity index (χ1n) is 7.88. The Labute approximate surface area is 129 Å². The molecular weight excluding hydrogens is 280 g/mol. The van der Waals surface area contributed by atoms with E-state index < -0.39 is 0 Å². The molecule has 1 aliphatic heterocycles. The summed E-state index contributed by atoms with van der Waals surface area (Å²) in [5.74, 6) is 2.18. The van der Waals surface area contributed by atoms with Crippen LogP contribution < -0.4 is 0 Å².